The van der Waals surface area contributed by atoms with Crippen molar-refractivity contribution in [3.05, 3.63) is 42.5 Å². The van der Waals surface area contributed by atoms with E-state index in [4.69, 9.17) is 16.2 Å². The summed E-state index contributed by atoms with van der Waals surface area (Å²) in [6.45, 7) is 1.35. The molecule has 1 fully saturated rings. The summed E-state index contributed by atoms with van der Waals surface area (Å²) in [5, 5.41) is 31.3. The molecule has 0 radical (unpaired) electrons. The molecule has 10 nitrogen and oxygen atoms in total. The van der Waals surface area contributed by atoms with Crippen LogP contribution in [0.1, 0.15) is 18.4 Å². The largest absolute Gasteiger partial charge is 0.398 e. The molecule has 0 saturated carbocycles. The Morgan fingerprint density at radius 2 is 1.96 bits per heavy atom. The third-order valence-electron chi connectivity index (χ3n) is 5.47. The number of benzene rings is 1. The summed E-state index contributed by atoms with van der Waals surface area (Å²) in [5.41, 5.74) is 12.4. The summed E-state index contributed by atoms with van der Waals surface area (Å²) in [6.07, 6.45) is -1.01. The second kappa shape index (κ2) is 6.67. The maximum atomic E-state index is 11.1. The molecule has 3 heterocycles. The zero-order valence-electron chi connectivity index (χ0n) is 15.2. The van der Waals surface area contributed by atoms with Crippen LogP contribution in [0.5, 0.6) is 0 Å². The van der Waals surface area contributed by atoms with Crippen molar-refractivity contribution in [2.24, 2.45) is 0 Å². The molecule has 10 heteroatoms. The van der Waals surface area contributed by atoms with Crippen molar-refractivity contribution in [1.29, 1.82) is 0 Å². The maximum Gasteiger partial charge on any atom is 0.183 e. The number of hydrogen-bond donors (Lipinski definition) is 5. The third-order valence-corrected chi connectivity index (χ3v) is 5.47. The third kappa shape index (κ3) is 2.46. The summed E-state index contributed by atoms with van der Waals surface area (Å²) >= 11 is 0. The Hall–Kier alpha value is -2.79. The van der Waals surface area contributed by atoms with Crippen LogP contribution in [0, 0.1) is 0 Å². The number of aliphatic hydroxyl groups is 3. The predicted octanol–water partition coefficient (Wildman–Crippen LogP) is -0.440. The highest BCUT2D eigenvalue weighted by Crippen LogP contribution is 2.48. The number of nitrogens with two attached hydrogens (primary N) is 2. The number of aliphatic hydroxyl groups excluding tert-OH is 3. The lowest BCUT2D eigenvalue weighted by atomic mass is 9.84. The smallest absolute Gasteiger partial charge is 0.183 e. The molecule has 0 amide bonds. The van der Waals surface area contributed by atoms with Crippen LogP contribution < -0.4 is 11.5 Å². The summed E-state index contributed by atoms with van der Waals surface area (Å²) in [6, 6.07) is 7.19. The molecule has 0 aliphatic carbocycles. The Morgan fingerprint density at radius 3 is 2.64 bits per heavy atom. The number of rotatable bonds is 4. The Balaban J connectivity index is 1.97. The number of ether oxygens (including phenoxy) is 1. The van der Waals surface area contributed by atoms with E-state index in [1.54, 1.807) is 12.1 Å². The first-order chi connectivity index (χ1) is 13.4. The van der Waals surface area contributed by atoms with E-state index in [-0.39, 0.29) is 5.82 Å². The predicted molar refractivity (Wildman–Crippen MR) is 101 cm³/mol. The average Bonchev–Trinajstić information content (AvgIpc) is 3.24. The molecule has 5 atom stereocenters. The number of imidazole rings is 1. The number of aromatic nitrogens is 4. The summed E-state index contributed by atoms with van der Waals surface area (Å²) in [7, 11) is 0. The Kier molecular flexibility index (Phi) is 4.42. The van der Waals surface area contributed by atoms with Gasteiger partial charge in [0.25, 0.3) is 0 Å². The lowest BCUT2D eigenvalue weighted by molar-refractivity contribution is -0.159. The second-order valence-corrected chi connectivity index (χ2v) is 6.92. The van der Waals surface area contributed by atoms with Crippen LogP contribution in [0.15, 0.2) is 36.9 Å². The minimum atomic E-state index is -1.53. The van der Waals surface area contributed by atoms with E-state index in [2.05, 4.69) is 15.0 Å². The molecular weight excluding hydrogens is 364 g/mol. The highest BCUT2D eigenvalue weighted by molar-refractivity contribution is 5.81. The minimum Gasteiger partial charge on any atom is -0.398 e. The number of nitrogen functional groups attached to an aromatic ring is 2. The molecule has 148 valence electrons. The van der Waals surface area contributed by atoms with Gasteiger partial charge in [0.05, 0.1) is 12.9 Å². The van der Waals surface area contributed by atoms with Gasteiger partial charge in [-0.1, -0.05) is 25.1 Å². The Bertz CT molecular complexity index is 1010. The van der Waals surface area contributed by atoms with E-state index in [0.29, 0.717) is 22.4 Å². The molecule has 1 aromatic carbocycles. The number of hydrogen-bond acceptors (Lipinski definition) is 9. The summed E-state index contributed by atoms with van der Waals surface area (Å²) in [5.74, 6) is -0.360. The normalized spacial score (nSPS) is 28.6. The number of nitrogens with zero attached hydrogens (tertiary/aromatic N) is 4. The van der Waals surface area contributed by atoms with Crippen LogP contribution in [0.25, 0.3) is 11.2 Å². The van der Waals surface area contributed by atoms with E-state index in [9.17, 15) is 15.3 Å². The van der Waals surface area contributed by atoms with Gasteiger partial charge in [0.1, 0.15) is 30.2 Å². The molecule has 1 saturated heterocycles. The summed E-state index contributed by atoms with van der Waals surface area (Å²) in [4.78, 5) is 12.4. The molecule has 0 bridgehead atoms. The first-order valence-electron chi connectivity index (χ1n) is 8.85. The molecule has 1 unspecified atom stereocenters. The van der Waals surface area contributed by atoms with Gasteiger partial charge >= 0.3 is 0 Å². The van der Waals surface area contributed by atoms with Crippen LogP contribution in [-0.2, 0) is 10.5 Å². The number of para-hydroxylation sites is 1. The van der Waals surface area contributed by atoms with Crippen LogP contribution in [0.4, 0.5) is 11.5 Å². The Morgan fingerprint density at radius 1 is 1.21 bits per heavy atom. The van der Waals surface area contributed by atoms with Gasteiger partial charge in [0.15, 0.2) is 17.2 Å². The fourth-order valence-corrected chi connectivity index (χ4v) is 3.98. The zero-order chi connectivity index (χ0) is 20.1. The topological polar surface area (TPSA) is 166 Å². The monoisotopic (exact) mass is 386 g/mol. The molecule has 3 aromatic rings. The molecule has 28 heavy (non-hydrogen) atoms. The maximum absolute atomic E-state index is 11.1. The molecule has 0 spiro atoms. The quantitative estimate of drug-likeness (QED) is 0.374. The lowest BCUT2D eigenvalue weighted by Crippen LogP contribution is -2.49. The standard InChI is InChI=1S/C18H22N6O4/c1-9(10-4-2-3-5-11(10)19)18(15(27)14(26)12(6-25)28-18)24-8-23-13-16(20)21-7-22-17(13)24/h2-5,7-9,12,14-15,25-27H,6,19H2,1H3,(H2,20,21,22)/t9?,12-,14-,15-,18-/m1/s1. The van der Waals surface area contributed by atoms with Gasteiger partial charge in [0, 0.05) is 11.6 Å². The average molecular weight is 386 g/mol. The molecule has 1 aliphatic rings. The van der Waals surface area contributed by atoms with E-state index in [1.807, 2.05) is 19.1 Å². The highest BCUT2D eigenvalue weighted by Gasteiger charge is 2.59. The zero-order valence-corrected chi connectivity index (χ0v) is 15.2. The Labute approximate surface area is 160 Å². The molecule has 1 aliphatic heterocycles. The van der Waals surface area contributed by atoms with Crippen molar-refractivity contribution in [3.63, 3.8) is 0 Å². The van der Waals surface area contributed by atoms with E-state index < -0.39 is 36.6 Å². The van der Waals surface area contributed by atoms with Crippen molar-refractivity contribution in [2.45, 2.75) is 36.9 Å². The number of anilines is 2. The first-order valence-corrected chi connectivity index (χ1v) is 8.85. The van der Waals surface area contributed by atoms with Gasteiger partial charge in [-0.3, -0.25) is 4.57 Å². The molecule has 2 aromatic heterocycles. The van der Waals surface area contributed by atoms with Crippen LogP contribution in [0.2, 0.25) is 0 Å². The second-order valence-electron chi connectivity index (χ2n) is 6.92. The van der Waals surface area contributed by atoms with Gasteiger partial charge < -0.3 is 31.5 Å². The summed E-state index contributed by atoms with van der Waals surface area (Å²) < 4.78 is 7.63. The molecular formula is C18H22N6O4. The van der Waals surface area contributed by atoms with Gasteiger partial charge in [0.2, 0.25) is 0 Å². The van der Waals surface area contributed by atoms with Crippen molar-refractivity contribution in [1.82, 2.24) is 19.5 Å². The van der Waals surface area contributed by atoms with Gasteiger partial charge in [-0.2, -0.15) is 0 Å². The van der Waals surface area contributed by atoms with E-state index in [1.165, 1.54) is 17.2 Å². The van der Waals surface area contributed by atoms with Crippen LogP contribution >= 0.6 is 0 Å². The van der Waals surface area contributed by atoms with Crippen molar-refractivity contribution in [3.8, 4) is 0 Å². The number of fused-ring (bicyclic) bond motifs is 1. The molecule has 7 N–H and O–H groups in total. The fraction of sp³-hybridized carbons (Fsp3) is 0.389. The SMILES string of the molecule is CC(c1ccccc1N)[C@@]1(n2cnc3c(N)ncnc32)O[C@H](CO)[C@@H](O)[C@H]1O. The van der Waals surface area contributed by atoms with Gasteiger partial charge in [-0.15, -0.1) is 0 Å². The van der Waals surface area contributed by atoms with Crippen molar-refractivity contribution in [2.75, 3.05) is 18.1 Å². The fourth-order valence-electron chi connectivity index (χ4n) is 3.98. The lowest BCUT2D eigenvalue weighted by Gasteiger charge is -2.39. The van der Waals surface area contributed by atoms with E-state index >= 15 is 0 Å². The van der Waals surface area contributed by atoms with Crippen LogP contribution in [0.3, 0.4) is 0 Å². The van der Waals surface area contributed by atoms with Gasteiger partial charge in [-0.05, 0) is 11.6 Å². The van der Waals surface area contributed by atoms with Crippen LogP contribution in [-0.4, -0.2) is 59.8 Å². The van der Waals surface area contributed by atoms with Crippen molar-refractivity contribution >= 4 is 22.7 Å². The minimum absolute atomic E-state index is 0.178. The highest BCUT2D eigenvalue weighted by atomic mass is 16.6. The first kappa shape index (κ1) is 18.6. The van der Waals surface area contributed by atoms with Gasteiger partial charge in [-0.25, -0.2) is 15.0 Å². The van der Waals surface area contributed by atoms with E-state index in [0.717, 1.165) is 0 Å². The van der Waals surface area contributed by atoms with Crippen molar-refractivity contribution < 1.29 is 20.1 Å². The molecule has 4 rings (SSSR count).